The van der Waals surface area contributed by atoms with Crippen molar-refractivity contribution in [3.8, 4) is 11.8 Å². The third kappa shape index (κ3) is 5.24. The summed E-state index contributed by atoms with van der Waals surface area (Å²) in [5.74, 6) is 0.732. The van der Waals surface area contributed by atoms with Gasteiger partial charge in [0.15, 0.2) is 0 Å². The fourth-order valence-corrected chi connectivity index (χ4v) is 3.29. The summed E-state index contributed by atoms with van der Waals surface area (Å²) in [5.41, 5.74) is 0.416. The zero-order chi connectivity index (χ0) is 17.4. The summed E-state index contributed by atoms with van der Waals surface area (Å²) < 4.78 is 5.22. The summed E-state index contributed by atoms with van der Waals surface area (Å²) in [5, 5.41) is 12.5. The number of hydrogen-bond acceptors (Lipinski definition) is 4. The Bertz CT molecular complexity index is 587. The van der Waals surface area contributed by atoms with Crippen molar-refractivity contribution in [2.45, 2.75) is 50.6 Å². The first kappa shape index (κ1) is 18.3. The first-order chi connectivity index (χ1) is 11.6. The summed E-state index contributed by atoms with van der Waals surface area (Å²) in [6, 6.07) is 10.2. The van der Waals surface area contributed by atoms with Crippen LogP contribution in [0.5, 0.6) is 5.75 Å². The summed E-state index contributed by atoms with van der Waals surface area (Å²) >= 11 is 0. The van der Waals surface area contributed by atoms with Crippen LogP contribution < -0.4 is 10.1 Å². The molecule has 1 aromatic rings. The molecule has 0 aromatic heterocycles. The molecule has 0 heterocycles. The molecule has 1 amide bonds. The second-order valence-corrected chi connectivity index (χ2v) is 6.68. The number of nitriles is 1. The molecule has 5 heteroatoms. The molecule has 1 aliphatic rings. The van der Waals surface area contributed by atoms with Gasteiger partial charge in [0, 0.05) is 6.54 Å². The fourth-order valence-electron chi connectivity index (χ4n) is 3.29. The number of nitrogens with zero attached hydrogens (tertiary/aromatic N) is 2. The number of ether oxygens (including phenoxy) is 1. The van der Waals surface area contributed by atoms with Gasteiger partial charge in [-0.2, -0.15) is 5.26 Å². The number of carbonyl (C=O) groups is 1. The SMILES string of the molecule is COc1cccc(CN(C)CC(=O)NC2(C#N)CCCCCC2)c1. The molecule has 1 aliphatic carbocycles. The monoisotopic (exact) mass is 329 g/mol. The molecule has 0 saturated heterocycles. The summed E-state index contributed by atoms with van der Waals surface area (Å²) in [6.45, 7) is 0.935. The Balaban J connectivity index is 1.89. The second-order valence-electron chi connectivity index (χ2n) is 6.68. The highest BCUT2D eigenvalue weighted by molar-refractivity contribution is 5.79. The highest BCUT2D eigenvalue weighted by Crippen LogP contribution is 2.26. The van der Waals surface area contributed by atoms with Gasteiger partial charge in [-0.25, -0.2) is 0 Å². The molecule has 24 heavy (non-hydrogen) atoms. The highest BCUT2D eigenvalue weighted by atomic mass is 16.5. The molecular weight excluding hydrogens is 302 g/mol. The van der Waals surface area contributed by atoms with Crippen molar-refractivity contribution in [3.05, 3.63) is 29.8 Å². The van der Waals surface area contributed by atoms with Crippen LogP contribution in [0.2, 0.25) is 0 Å². The van der Waals surface area contributed by atoms with Crippen molar-refractivity contribution in [2.24, 2.45) is 0 Å². The second kappa shape index (κ2) is 8.70. The summed E-state index contributed by atoms with van der Waals surface area (Å²) in [4.78, 5) is 14.3. The molecule has 0 unspecified atom stereocenters. The molecule has 1 N–H and O–H groups in total. The quantitative estimate of drug-likeness (QED) is 0.815. The van der Waals surface area contributed by atoms with Crippen LogP contribution in [0.1, 0.15) is 44.1 Å². The minimum Gasteiger partial charge on any atom is -0.497 e. The minimum absolute atomic E-state index is 0.0798. The number of likely N-dealkylation sites (N-methyl/N-ethyl adjacent to an activating group) is 1. The standard InChI is InChI=1S/C19H27N3O2/c1-22(13-16-8-7-9-17(12-16)24-2)14-18(23)21-19(15-20)10-5-3-4-6-11-19/h7-9,12H,3-6,10-11,13-14H2,1-2H3,(H,21,23). The predicted octanol–water partition coefficient (Wildman–Crippen LogP) is 2.86. The van der Waals surface area contributed by atoms with E-state index in [1.165, 1.54) is 0 Å². The van der Waals surface area contributed by atoms with Crippen LogP contribution in [-0.4, -0.2) is 37.0 Å². The molecule has 130 valence electrons. The van der Waals surface area contributed by atoms with Crippen LogP contribution in [0, 0.1) is 11.3 Å². The van der Waals surface area contributed by atoms with E-state index in [0.29, 0.717) is 6.54 Å². The van der Waals surface area contributed by atoms with Gasteiger partial charge in [-0.1, -0.05) is 37.8 Å². The van der Waals surface area contributed by atoms with Gasteiger partial charge in [0.2, 0.25) is 5.91 Å². The maximum atomic E-state index is 12.4. The molecule has 5 nitrogen and oxygen atoms in total. The first-order valence-corrected chi connectivity index (χ1v) is 8.61. The van der Waals surface area contributed by atoms with E-state index in [-0.39, 0.29) is 12.5 Å². The average molecular weight is 329 g/mol. The smallest absolute Gasteiger partial charge is 0.235 e. The van der Waals surface area contributed by atoms with Crippen molar-refractivity contribution >= 4 is 5.91 Å². The number of methoxy groups -OCH3 is 1. The maximum Gasteiger partial charge on any atom is 0.235 e. The van der Waals surface area contributed by atoms with Crippen LogP contribution in [0.4, 0.5) is 0 Å². The minimum atomic E-state index is -0.676. The Morgan fingerprint density at radius 3 is 2.67 bits per heavy atom. The van der Waals surface area contributed by atoms with E-state index < -0.39 is 5.54 Å². The van der Waals surface area contributed by atoms with E-state index in [1.54, 1.807) is 7.11 Å². The maximum absolute atomic E-state index is 12.4. The van der Waals surface area contributed by atoms with E-state index in [0.717, 1.165) is 49.8 Å². The molecule has 0 radical (unpaired) electrons. The van der Waals surface area contributed by atoms with Crippen LogP contribution >= 0.6 is 0 Å². The Morgan fingerprint density at radius 1 is 1.33 bits per heavy atom. The van der Waals surface area contributed by atoms with Gasteiger partial charge in [-0.05, 0) is 37.6 Å². The number of benzene rings is 1. The Labute approximate surface area is 144 Å². The van der Waals surface area contributed by atoms with Gasteiger partial charge in [0.05, 0.1) is 19.7 Å². The van der Waals surface area contributed by atoms with Crippen molar-refractivity contribution in [3.63, 3.8) is 0 Å². The third-order valence-corrected chi connectivity index (χ3v) is 4.55. The molecule has 0 aliphatic heterocycles. The lowest BCUT2D eigenvalue weighted by Gasteiger charge is -2.27. The van der Waals surface area contributed by atoms with Gasteiger partial charge in [0.1, 0.15) is 11.3 Å². The molecule has 0 bridgehead atoms. The molecular formula is C19H27N3O2. The Morgan fingerprint density at radius 2 is 2.04 bits per heavy atom. The number of carbonyl (C=O) groups excluding carboxylic acids is 1. The van der Waals surface area contributed by atoms with E-state index in [2.05, 4.69) is 11.4 Å². The average Bonchev–Trinajstić information content (AvgIpc) is 2.80. The molecule has 1 saturated carbocycles. The van der Waals surface area contributed by atoms with Gasteiger partial charge in [-0.3, -0.25) is 9.69 Å². The van der Waals surface area contributed by atoms with Crippen molar-refractivity contribution in [1.82, 2.24) is 10.2 Å². The normalized spacial score (nSPS) is 16.9. The topological polar surface area (TPSA) is 65.4 Å². The molecule has 0 atom stereocenters. The zero-order valence-electron chi connectivity index (χ0n) is 14.7. The molecule has 0 spiro atoms. The largest absolute Gasteiger partial charge is 0.497 e. The Kier molecular flexibility index (Phi) is 6.62. The van der Waals surface area contributed by atoms with E-state index in [9.17, 15) is 10.1 Å². The van der Waals surface area contributed by atoms with Crippen molar-refractivity contribution < 1.29 is 9.53 Å². The van der Waals surface area contributed by atoms with Crippen LogP contribution in [-0.2, 0) is 11.3 Å². The van der Waals surface area contributed by atoms with Gasteiger partial charge >= 0.3 is 0 Å². The zero-order valence-corrected chi connectivity index (χ0v) is 14.7. The third-order valence-electron chi connectivity index (χ3n) is 4.55. The summed E-state index contributed by atoms with van der Waals surface area (Å²) in [7, 11) is 3.55. The molecule has 1 aromatic carbocycles. The lowest BCUT2D eigenvalue weighted by atomic mass is 9.92. The first-order valence-electron chi connectivity index (χ1n) is 8.61. The lowest BCUT2D eigenvalue weighted by Crippen LogP contribution is -2.49. The van der Waals surface area contributed by atoms with E-state index >= 15 is 0 Å². The van der Waals surface area contributed by atoms with E-state index in [1.807, 2.05) is 36.2 Å². The fraction of sp³-hybridized carbons (Fsp3) is 0.579. The van der Waals surface area contributed by atoms with Crippen LogP contribution in [0.3, 0.4) is 0 Å². The number of nitrogens with one attached hydrogen (secondary N) is 1. The van der Waals surface area contributed by atoms with Gasteiger partial charge in [-0.15, -0.1) is 0 Å². The van der Waals surface area contributed by atoms with Gasteiger partial charge < -0.3 is 10.1 Å². The lowest BCUT2D eigenvalue weighted by molar-refractivity contribution is -0.123. The highest BCUT2D eigenvalue weighted by Gasteiger charge is 2.32. The predicted molar refractivity (Wildman–Crippen MR) is 93.5 cm³/mol. The van der Waals surface area contributed by atoms with Crippen molar-refractivity contribution in [1.29, 1.82) is 5.26 Å². The van der Waals surface area contributed by atoms with Crippen molar-refractivity contribution in [2.75, 3.05) is 20.7 Å². The number of rotatable bonds is 6. The molecule has 1 fully saturated rings. The summed E-state index contributed by atoms with van der Waals surface area (Å²) in [6.07, 6.45) is 5.83. The van der Waals surface area contributed by atoms with Crippen LogP contribution in [0.15, 0.2) is 24.3 Å². The van der Waals surface area contributed by atoms with Crippen LogP contribution in [0.25, 0.3) is 0 Å². The Hall–Kier alpha value is -2.06. The number of amides is 1. The molecule has 2 rings (SSSR count). The van der Waals surface area contributed by atoms with Gasteiger partial charge in [0.25, 0.3) is 0 Å². The number of hydrogen-bond donors (Lipinski definition) is 1. The van der Waals surface area contributed by atoms with E-state index in [4.69, 9.17) is 4.74 Å².